The van der Waals surface area contributed by atoms with E-state index in [1.54, 1.807) is 30.5 Å². The van der Waals surface area contributed by atoms with Gasteiger partial charge in [0.2, 0.25) is 0 Å². The fourth-order valence-corrected chi connectivity index (χ4v) is 5.09. The van der Waals surface area contributed by atoms with Crippen LogP contribution in [-0.2, 0) is 4.74 Å². The number of alkyl halides is 3. The Morgan fingerprint density at radius 3 is 2.46 bits per heavy atom. The van der Waals surface area contributed by atoms with Gasteiger partial charge in [-0.05, 0) is 47.6 Å². The molecular weight excluding hydrogens is 541 g/mol. The maximum absolute atomic E-state index is 13.0. The molecule has 0 spiro atoms. The van der Waals surface area contributed by atoms with Crippen LogP contribution in [0.15, 0.2) is 48.7 Å². The Bertz CT molecular complexity index is 1370. The summed E-state index contributed by atoms with van der Waals surface area (Å²) in [7, 11) is 1.34. The smallest absolute Gasteiger partial charge is 0.478 e. The fourth-order valence-electron chi connectivity index (χ4n) is 5.09. The van der Waals surface area contributed by atoms with Crippen molar-refractivity contribution >= 4 is 12.1 Å². The summed E-state index contributed by atoms with van der Waals surface area (Å²) >= 11 is 0. The molecule has 220 valence electrons. The minimum atomic E-state index is -4.98. The maximum Gasteiger partial charge on any atom is 0.573 e. The van der Waals surface area contributed by atoms with E-state index in [0.29, 0.717) is 18.0 Å². The Labute approximate surface area is 235 Å². The number of H-pyrrole nitrogens is 1. The molecule has 2 aromatic carbocycles. The molecule has 1 aromatic heterocycles. The Kier molecular flexibility index (Phi) is 8.91. The molecule has 0 aliphatic carbocycles. The van der Waals surface area contributed by atoms with Gasteiger partial charge in [-0.25, -0.2) is 14.6 Å². The van der Waals surface area contributed by atoms with Gasteiger partial charge in [-0.2, -0.15) is 0 Å². The lowest BCUT2D eigenvalue weighted by molar-refractivity contribution is -0.274. The molecule has 9 nitrogen and oxygen atoms in total. The zero-order valence-corrected chi connectivity index (χ0v) is 23.2. The van der Waals surface area contributed by atoms with Crippen molar-refractivity contribution in [2.24, 2.45) is 11.8 Å². The topological polar surface area (TPSA) is 117 Å². The molecular formula is C29H33F3N4O5. The SMILES string of the molecule is COC(=O)N[C@H](CN1C[C@@H](C)C[C@H]1c1ncc(-c2ccc(-c3ccc(C(=O)O)cc3OC(F)(F)F)cc2)[nH]1)C(C)C. The van der Waals surface area contributed by atoms with E-state index in [2.05, 4.69) is 31.8 Å². The van der Waals surface area contributed by atoms with Crippen LogP contribution in [0.1, 0.15) is 49.4 Å². The fraction of sp³-hybridized carbons (Fsp3) is 0.414. The molecule has 4 rings (SSSR count). The van der Waals surface area contributed by atoms with Gasteiger partial charge in [-0.15, -0.1) is 13.2 Å². The molecule has 12 heteroatoms. The molecule has 1 amide bonds. The van der Waals surface area contributed by atoms with Crippen LogP contribution in [0.3, 0.4) is 0 Å². The third-order valence-corrected chi connectivity index (χ3v) is 7.21. The summed E-state index contributed by atoms with van der Waals surface area (Å²) in [6.45, 7) is 7.75. The summed E-state index contributed by atoms with van der Waals surface area (Å²) in [5, 5.41) is 12.1. The summed E-state index contributed by atoms with van der Waals surface area (Å²) in [4.78, 5) is 33.5. The summed E-state index contributed by atoms with van der Waals surface area (Å²) in [6.07, 6.45) is -2.83. The highest BCUT2D eigenvalue weighted by Crippen LogP contribution is 2.37. The second-order valence-corrected chi connectivity index (χ2v) is 10.6. The standard InChI is InChI=1S/C29H33F3N4O5/c1-16(2)23(35-28(39)40-4)15-36-14-17(3)11-24(36)26-33-13-22(34-26)19-7-5-18(6-8-19)21-10-9-20(27(37)38)12-25(21)41-29(30,31)32/h5-10,12-13,16-17,23-24H,11,14-15H2,1-4H3,(H,33,34)(H,35,39)(H,37,38)/t17-,23+,24-/m0/s1. The number of aromatic amines is 1. The quantitative estimate of drug-likeness (QED) is 0.283. The Morgan fingerprint density at radius 2 is 1.85 bits per heavy atom. The average molecular weight is 575 g/mol. The molecule has 1 saturated heterocycles. The van der Waals surface area contributed by atoms with E-state index >= 15 is 0 Å². The van der Waals surface area contributed by atoms with Crippen LogP contribution in [-0.4, -0.2) is 64.6 Å². The number of halogens is 3. The number of hydrogen-bond donors (Lipinski definition) is 3. The molecule has 0 unspecified atom stereocenters. The molecule has 3 atom stereocenters. The highest BCUT2D eigenvalue weighted by atomic mass is 19.4. The Hall–Kier alpha value is -4.06. The summed E-state index contributed by atoms with van der Waals surface area (Å²) in [6, 6.07) is 10.1. The van der Waals surface area contributed by atoms with E-state index in [4.69, 9.17) is 4.74 Å². The van der Waals surface area contributed by atoms with Gasteiger partial charge in [0, 0.05) is 24.7 Å². The first kappa shape index (κ1) is 29.9. The number of methoxy groups -OCH3 is 1. The van der Waals surface area contributed by atoms with E-state index in [1.165, 1.54) is 19.2 Å². The third-order valence-electron chi connectivity index (χ3n) is 7.21. The van der Waals surface area contributed by atoms with E-state index in [9.17, 15) is 27.9 Å². The normalized spacial score (nSPS) is 18.3. The number of carbonyl (C=O) groups is 2. The summed E-state index contributed by atoms with van der Waals surface area (Å²) in [5.74, 6) is -0.535. The van der Waals surface area contributed by atoms with Crippen molar-refractivity contribution in [2.45, 2.75) is 45.6 Å². The highest BCUT2D eigenvalue weighted by molar-refractivity contribution is 5.90. The number of carboxylic acids is 1. The van der Waals surface area contributed by atoms with Crippen LogP contribution >= 0.6 is 0 Å². The number of aromatic nitrogens is 2. The van der Waals surface area contributed by atoms with Crippen molar-refractivity contribution in [3.8, 4) is 28.1 Å². The van der Waals surface area contributed by atoms with Gasteiger partial charge in [-0.3, -0.25) is 4.90 Å². The molecule has 0 radical (unpaired) electrons. The maximum atomic E-state index is 13.0. The van der Waals surface area contributed by atoms with Gasteiger partial charge < -0.3 is 24.9 Å². The molecule has 3 N–H and O–H groups in total. The van der Waals surface area contributed by atoms with Crippen LogP contribution in [0.25, 0.3) is 22.4 Å². The lowest BCUT2D eigenvalue weighted by atomic mass is 10.0. The third kappa shape index (κ3) is 7.37. The molecule has 3 aromatic rings. The Balaban J connectivity index is 1.55. The monoisotopic (exact) mass is 574 g/mol. The molecule has 0 saturated carbocycles. The number of nitrogens with one attached hydrogen (secondary N) is 2. The van der Waals surface area contributed by atoms with E-state index in [1.807, 2.05) is 13.8 Å². The number of carbonyl (C=O) groups excluding carboxylic acids is 1. The highest BCUT2D eigenvalue weighted by Gasteiger charge is 2.35. The number of benzene rings is 2. The first-order valence-corrected chi connectivity index (χ1v) is 13.2. The number of carboxylic acid groups (broad SMARTS) is 1. The molecule has 41 heavy (non-hydrogen) atoms. The number of ether oxygens (including phenoxy) is 2. The van der Waals surface area contributed by atoms with E-state index in [-0.39, 0.29) is 29.1 Å². The Morgan fingerprint density at radius 1 is 1.17 bits per heavy atom. The number of hydrogen-bond acceptors (Lipinski definition) is 6. The molecule has 1 aliphatic heterocycles. The lowest BCUT2D eigenvalue weighted by Gasteiger charge is -2.30. The van der Waals surface area contributed by atoms with Gasteiger partial charge in [0.25, 0.3) is 0 Å². The number of rotatable bonds is 9. The van der Waals surface area contributed by atoms with Gasteiger partial charge >= 0.3 is 18.4 Å². The molecule has 1 fully saturated rings. The van der Waals surface area contributed by atoms with Gasteiger partial charge in [0.15, 0.2) is 0 Å². The number of alkyl carbamates (subject to hydrolysis) is 1. The van der Waals surface area contributed by atoms with Gasteiger partial charge in [0.05, 0.1) is 30.6 Å². The predicted molar refractivity (Wildman–Crippen MR) is 145 cm³/mol. The van der Waals surface area contributed by atoms with Crippen LogP contribution in [0, 0.1) is 11.8 Å². The molecule has 2 heterocycles. The van der Waals surface area contributed by atoms with E-state index in [0.717, 1.165) is 36.1 Å². The van der Waals surface area contributed by atoms with Crippen LogP contribution in [0.2, 0.25) is 0 Å². The van der Waals surface area contributed by atoms with Crippen LogP contribution in [0.5, 0.6) is 5.75 Å². The first-order valence-electron chi connectivity index (χ1n) is 13.2. The lowest BCUT2D eigenvalue weighted by Crippen LogP contribution is -2.46. The zero-order valence-electron chi connectivity index (χ0n) is 23.2. The van der Waals surface area contributed by atoms with Gasteiger partial charge in [-0.1, -0.05) is 45.0 Å². The molecule has 1 aliphatic rings. The second kappa shape index (κ2) is 12.2. The number of imidazole rings is 1. The second-order valence-electron chi connectivity index (χ2n) is 10.6. The minimum Gasteiger partial charge on any atom is -0.478 e. The molecule has 0 bridgehead atoms. The van der Waals surface area contributed by atoms with Crippen LogP contribution < -0.4 is 10.1 Å². The predicted octanol–water partition coefficient (Wildman–Crippen LogP) is 6.10. The first-order chi connectivity index (χ1) is 19.3. The largest absolute Gasteiger partial charge is 0.573 e. The number of aromatic carboxylic acids is 1. The number of nitrogens with zero attached hydrogens (tertiary/aromatic N) is 2. The van der Waals surface area contributed by atoms with Crippen molar-refractivity contribution < 1.29 is 37.3 Å². The van der Waals surface area contributed by atoms with Crippen LogP contribution in [0.4, 0.5) is 18.0 Å². The number of amides is 1. The van der Waals surface area contributed by atoms with Crippen molar-refractivity contribution in [1.82, 2.24) is 20.2 Å². The van der Waals surface area contributed by atoms with E-state index < -0.39 is 24.2 Å². The minimum absolute atomic E-state index is 0.0218. The van der Waals surface area contributed by atoms with Crippen molar-refractivity contribution in [3.05, 3.63) is 60.0 Å². The van der Waals surface area contributed by atoms with Crippen molar-refractivity contribution in [3.63, 3.8) is 0 Å². The van der Waals surface area contributed by atoms with Crippen molar-refractivity contribution in [1.29, 1.82) is 0 Å². The number of likely N-dealkylation sites (tertiary alicyclic amines) is 1. The average Bonchev–Trinajstić information content (AvgIpc) is 3.53. The summed E-state index contributed by atoms with van der Waals surface area (Å²) < 4.78 is 48.0. The zero-order chi connectivity index (χ0) is 29.9. The van der Waals surface area contributed by atoms with Crippen molar-refractivity contribution in [2.75, 3.05) is 20.2 Å². The summed E-state index contributed by atoms with van der Waals surface area (Å²) in [5.41, 5.74) is 1.74. The van der Waals surface area contributed by atoms with Gasteiger partial charge in [0.1, 0.15) is 11.6 Å².